The van der Waals surface area contributed by atoms with Crippen LogP contribution in [0.25, 0.3) is 0 Å². The highest BCUT2D eigenvalue weighted by Gasteiger charge is 2.07. The molecule has 0 saturated heterocycles. The van der Waals surface area contributed by atoms with Crippen molar-refractivity contribution in [3.63, 3.8) is 0 Å². The van der Waals surface area contributed by atoms with Crippen LogP contribution in [-0.4, -0.2) is 10.1 Å². The van der Waals surface area contributed by atoms with Crippen LogP contribution in [0.5, 0.6) is 5.88 Å². The molecule has 0 saturated carbocycles. The average molecular weight is 268 g/mol. The Balaban J connectivity index is 2.13. The van der Waals surface area contributed by atoms with Crippen LogP contribution in [-0.2, 0) is 13.2 Å². The fourth-order valence-corrected chi connectivity index (χ4v) is 1.66. The van der Waals surface area contributed by atoms with Crippen molar-refractivity contribution in [2.45, 2.75) is 13.2 Å². The highest BCUT2D eigenvalue weighted by atomic mass is 35.5. The minimum atomic E-state index is -0.510. The van der Waals surface area contributed by atoms with Gasteiger partial charge in [-0.05, 0) is 12.1 Å². The molecular formula is C13H11ClFNO2. The van der Waals surface area contributed by atoms with Gasteiger partial charge in [-0.2, -0.15) is 0 Å². The van der Waals surface area contributed by atoms with Crippen LogP contribution in [0.4, 0.5) is 4.39 Å². The van der Waals surface area contributed by atoms with Crippen molar-refractivity contribution in [2.75, 3.05) is 0 Å². The second-order valence-corrected chi connectivity index (χ2v) is 4.06. The van der Waals surface area contributed by atoms with E-state index < -0.39 is 5.82 Å². The Hall–Kier alpha value is -1.65. The van der Waals surface area contributed by atoms with Crippen molar-refractivity contribution in [1.29, 1.82) is 0 Å². The lowest BCUT2D eigenvalue weighted by Crippen LogP contribution is -2.02. The predicted molar refractivity (Wildman–Crippen MR) is 65.9 cm³/mol. The first-order valence-electron chi connectivity index (χ1n) is 5.32. The van der Waals surface area contributed by atoms with Crippen LogP contribution in [0.3, 0.4) is 0 Å². The Morgan fingerprint density at radius 1 is 1.28 bits per heavy atom. The number of pyridine rings is 1. The third-order valence-corrected chi connectivity index (χ3v) is 2.75. The molecule has 2 rings (SSSR count). The van der Waals surface area contributed by atoms with Gasteiger partial charge in [0, 0.05) is 16.1 Å². The summed E-state index contributed by atoms with van der Waals surface area (Å²) in [4.78, 5) is 3.79. The lowest BCUT2D eigenvalue weighted by molar-refractivity contribution is 0.251. The van der Waals surface area contributed by atoms with Crippen LogP contribution in [0.2, 0.25) is 5.02 Å². The Morgan fingerprint density at radius 3 is 2.78 bits per heavy atom. The first-order chi connectivity index (χ1) is 8.70. The van der Waals surface area contributed by atoms with Crippen molar-refractivity contribution in [1.82, 2.24) is 4.98 Å². The van der Waals surface area contributed by atoms with Gasteiger partial charge in [-0.3, -0.25) is 0 Å². The fraction of sp³-hybridized carbons (Fsp3) is 0.154. The van der Waals surface area contributed by atoms with Crippen molar-refractivity contribution in [3.05, 3.63) is 58.5 Å². The molecule has 18 heavy (non-hydrogen) atoms. The number of aromatic nitrogens is 1. The van der Waals surface area contributed by atoms with Gasteiger partial charge in [0.2, 0.25) is 5.88 Å². The van der Waals surface area contributed by atoms with Gasteiger partial charge in [-0.1, -0.05) is 29.8 Å². The highest BCUT2D eigenvalue weighted by molar-refractivity contribution is 6.31. The minimum Gasteiger partial charge on any atom is -0.472 e. The Bertz CT molecular complexity index is 548. The van der Waals surface area contributed by atoms with E-state index in [4.69, 9.17) is 21.4 Å². The zero-order valence-corrected chi connectivity index (χ0v) is 10.2. The Labute approximate surface area is 109 Å². The molecule has 1 heterocycles. The molecule has 0 bridgehead atoms. The molecule has 0 aliphatic rings. The van der Waals surface area contributed by atoms with Crippen molar-refractivity contribution >= 4 is 11.6 Å². The molecule has 5 heteroatoms. The van der Waals surface area contributed by atoms with E-state index in [2.05, 4.69) is 4.98 Å². The van der Waals surface area contributed by atoms with Gasteiger partial charge in [-0.15, -0.1) is 0 Å². The average Bonchev–Trinajstić information content (AvgIpc) is 2.39. The first-order valence-corrected chi connectivity index (χ1v) is 5.70. The molecule has 0 fully saturated rings. The van der Waals surface area contributed by atoms with Crippen LogP contribution in [0.15, 0.2) is 36.5 Å². The smallest absolute Gasteiger partial charge is 0.219 e. The van der Waals surface area contributed by atoms with Gasteiger partial charge in [-0.25, -0.2) is 9.37 Å². The molecule has 2 aromatic rings. The summed E-state index contributed by atoms with van der Waals surface area (Å²) in [5, 5.41) is 9.67. The monoisotopic (exact) mass is 267 g/mol. The molecule has 0 radical (unpaired) electrons. The van der Waals surface area contributed by atoms with Gasteiger partial charge < -0.3 is 9.84 Å². The highest BCUT2D eigenvalue weighted by Crippen LogP contribution is 2.20. The van der Waals surface area contributed by atoms with E-state index >= 15 is 0 Å². The predicted octanol–water partition coefficient (Wildman–Crippen LogP) is 2.95. The fourth-order valence-electron chi connectivity index (χ4n) is 1.47. The summed E-state index contributed by atoms with van der Waals surface area (Å²) in [7, 11) is 0. The van der Waals surface area contributed by atoms with E-state index in [1.165, 1.54) is 6.07 Å². The number of aliphatic hydroxyl groups is 1. The van der Waals surface area contributed by atoms with Crippen LogP contribution in [0.1, 0.15) is 11.1 Å². The second kappa shape index (κ2) is 5.80. The van der Waals surface area contributed by atoms with Crippen LogP contribution >= 0.6 is 11.6 Å². The molecule has 3 nitrogen and oxygen atoms in total. The van der Waals surface area contributed by atoms with Gasteiger partial charge in [0.25, 0.3) is 0 Å². The number of benzene rings is 1. The maximum atomic E-state index is 12.9. The normalized spacial score (nSPS) is 10.4. The zero-order chi connectivity index (χ0) is 13.0. The lowest BCUT2D eigenvalue weighted by atomic mass is 10.2. The Morgan fingerprint density at radius 2 is 2.06 bits per heavy atom. The maximum Gasteiger partial charge on any atom is 0.219 e. The second-order valence-electron chi connectivity index (χ2n) is 3.66. The minimum absolute atomic E-state index is 0.207. The number of nitrogens with zero attached hydrogens (tertiary/aromatic N) is 1. The van der Waals surface area contributed by atoms with Crippen molar-refractivity contribution < 1.29 is 14.2 Å². The molecule has 1 N–H and O–H groups in total. The third-order valence-electron chi connectivity index (χ3n) is 2.38. The summed E-state index contributed by atoms with van der Waals surface area (Å²) < 4.78 is 18.3. The summed E-state index contributed by atoms with van der Waals surface area (Å²) >= 11 is 5.98. The summed E-state index contributed by atoms with van der Waals surface area (Å²) in [6.45, 7) is -0.117. The van der Waals surface area contributed by atoms with E-state index in [9.17, 15) is 4.39 Å². The summed E-state index contributed by atoms with van der Waals surface area (Å²) in [6.07, 6.45) is 1.04. The molecule has 0 amide bonds. The van der Waals surface area contributed by atoms with Gasteiger partial charge >= 0.3 is 0 Å². The number of ether oxygens (including phenoxy) is 1. The number of hydrogen-bond donors (Lipinski definition) is 1. The maximum absolute atomic E-state index is 12.9. The van der Waals surface area contributed by atoms with Crippen LogP contribution < -0.4 is 4.74 Å². The van der Waals surface area contributed by atoms with Gasteiger partial charge in [0.15, 0.2) is 0 Å². The van der Waals surface area contributed by atoms with Gasteiger partial charge in [0.05, 0.1) is 12.8 Å². The first kappa shape index (κ1) is 12.8. The summed E-state index contributed by atoms with van der Waals surface area (Å²) in [5.74, 6) is -0.303. The quantitative estimate of drug-likeness (QED) is 0.926. The third kappa shape index (κ3) is 2.97. The molecule has 1 aromatic heterocycles. The molecule has 1 aromatic carbocycles. The molecule has 0 aliphatic carbocycles. The lowest BCUT2D eigenvalue weighted by Gasteiger charge is -2.09. The largest absolute Gasteiger partial charge is 0.472 e. The van der Waals surface area contributed by atoms with Gasteiger partial charge in [0.1, 0.15) is 12.4 Å². The van der Waals surface area contributed by atoms with E-state index in [0.717, 1.165) is 11.8 Å². The number of aliphatic hydroxyl groups excluding tert-OH is 1. The zero-order valence-electron chi connectivity index (χ0n) is 9.44. The molecule has 0 atom stereocenters. The molecule has 0 aliphatic heterocycles. The van der Waals surface area contributed by atoms with E-state index in [0.29, 0.717) is 10.6 Å². The SMILES string of the molecule is OCc1cc(F)cnc1OCc1ccccc1Cl. The van der Waals surface area contributed by atoms with Crippen molar-refractivity contribution in [3.8, 4) is 5.88 Å². The molecule has 94 valence electrons. The molecule has 0 spiro atoms. The Kier molecular flexibility index (Phi) is 4.12. The number of rotatable bonds is 4. The number of hydrogen-bond acceptors (Lipinski definition) is 3. The van der Waals surface area contributed by atoms with E-state index in [-0.39, 0.29) is 19.1 Å². The van der Waals surface area contributed by atoms with Crippen LogP contribution in [0, 0.1) is 5.82 Å². The van der Waals surface area contributed by atoms with Crippen molar-refractivity contribution in [2.24, 2.45) is 0 Å². The van der Waals surface area contributed by atoms with E-state index in [1.807, 2.05) is 18.2 Å². The summed E-state index contributed by atoms with van der Waals surface area (Å²) in [5.41, 5.74) is 1.11. The standard InChI is InChI=1S/C13H11ClFNO2/c14-12-4-2-1-3-9(12)8-18-13-10(7-17)5-11(15)6-16-13/h1-6,17H,7-8H2. The molecule has 0 unspecified atom stereocenters. The molecular weight excluding hydrogens is 257 g/mol. The summed E-state index contributed by atoms with van der Waals surface area (Å²) in [6, 6.07) is 8.43. The van der Waals surface area contributed by atoms with E-state index in [1.54, 1.807) is 6.07 Å². The topological polar surface area (TPSA) is 42.4 Å². The number of halogens is 2.